The molecule has 2 heterocycles. The fourth-order valence-electron chi connectivity index (χ4n) is 2.17. The van der Waals surface area contributed by atoms with Gasteiger partial charge in [0.05, 0.1) is 16.8 Å². The average molecular weight is 300 g/mol. The zero-order chi connectivity index (χ0) is 14.0. The molecule has 1 aromatic rings. The van der Waals surface area contributed by atoms with Gasteiger partial charge in [0.2, 0.25) is 0 Å². The second kappa shape index (κ2) is 6.12. The van der Waals surface area contributed by atoms with E-state index in [1.807, 2.05) is 11.8 Å². The average Bonchev–Trinajstić information content (AvgIpc) is 2.77. The molecule has 0 spiro atoms. The summed E-state index contributed by atoms with van der Waals surface area (Å²) in [5, 5.41) is 13.6. The quantitative estimate of drug-likeness (QED) is 0.930. The third-order valence-electron chi connectivity index (χ3n) is 3.59. The van der Waals surface area contributed by atoms with E-state index in [1.54, 1.807) is 11.3 Å². The molecule has 0 amide bonds. The van der Waals surface area contributed by atoms with Gasteiger partial charge in [0.1, 0.15) is 0 Å². The molecule has 1 fully saturated rings. The van der Waals surface area contributed by atoms with Crippen LogP contribution in [0, 0.1) is 0 Å². The van der Waals surface area contributed by atoms with E-state index in [1.165, 1.54) is 5.75 Å². The number of likely N-dealkylation sites (N-methyl/N-ethyl adjacent to an activating group) is 1. The number of aliphatic hydroxyl groups excluding tert-OH is 1. The Bertz CT molecular complexity index is 414. The summed E-state index contributed by atoms with van der Waals surface area (Å²) in [6, 6.07) is 0.265. The first-order valence-corrected chi connectivity index (χ1v) is 8.82. The molecule has 1 N–H and O–H groups in total. The third kappa shape index (κ3) is 3.94. The van der Waals surface area contributed by atoms with Crippen molar-refractivity contribution in [3.05, 3.63) is 16.1 Å². The zero-order valence-corrected chi connectivity index (χ0v) is 13.9. The van der Waals surface area contributed by atoms with Crippen LogP contribution in [-0.4, -0.2) is 52.2 Å². The molecule has 2 atom stereocenters. The normalized spacial score (nSPS) is 23.5. The highest BCUT2D eigenvalue weighted by molar-refractivity contribution is 7.99. The highest BCUT2D eigenvalue weighted by Gasteiger charge is 2.27. The highest BCUT2D eigenvalue weighted by atomic mass is 32.2. The largest absolute Gasteiger partial charge is 0.391 e. The molecule has 2 unspecified atom stereocenters. The molecule has 1 aliphatic heterocycles. The number of rotatable bonds is 3. The number of thioether (sulfide) groups is 1. The van der Waals surface area contributed by atoms with Crippen molar-refractivity contribution in [3.63, 3.8) is 0 Å². The van der Waals surface area contributed by atoms with E-state index in [0.717, 1.165) is 23.0 Å². The minimum absolute atomic E-state index is 0.0944. The van der Waals surface area contributed by atoms with Crippen molar-refractivity contribution in [1.82, 2.24) is 9.88 Å². The first kappa shape index (κ1) is 15.3. The van der Waals surface area contributed by atoms with Gasteiger partial charge in [0, 0.05) is 41.3 Å². The smallest absolute Gasteiger partial charge is 0.0954 e. The highest BCUT2D eigenvalue weighted by Crippen LogP contribution is 2.26. The summed E-state index contributed by atoms with van der Waals surface area (Å²) in [6.45, 7) is 7.59. The molecule has 2 rings (SSSR count). The third-order valence-corrected chi connectivity index (χ3v) is 5.51. The van der Waals surface area contributed by atoms with Gasteiger partial charge in [0.25, 0.3) is 0 Å². The molecule has 1 saturated heterocycles. The SMILES string of the molecule is CN1CCSCC1C(O)Cc1nc(C(C)(C)C)cs1. The second-order valence-corrected chi connectivity index (χ2v) is 8.36. The zero-order valence-electron chi connectivity index (χ0n) is 12.2. The molecule has 1 aliphatic rings. The van der Waals surface area contributed by atoms with Crippen LogP contribution < -0.4 is 0 Å². The van der Waals surface area contributed by atoms with Crippen LogP contribution in [0.5, 0.6) is 0 Å². The summed E-state index contributed by atoms with van der Waals surface area (Å²) in [5.41, 5.74) is 1.23. The second-order valence-electron chi connectivity index (χ2n) is 6.27. The Kier molecular flexibility index (Phi) is 4.93. The fourth-order valence-corrected chi connectivity index (χ4v) is 4.55. The predicted molar refractivity (Wildman–Crippen MR) is 84.3 cm³/mol. The van der Waals surface area contributed by atoms with Crippen LogP contribution in [0.25, 0.3) is 0 Å². The summed E-state index contributed by atoms with van der Waals surface area (Å²) in [5.74, 6) is 2.19. The predicted octanol–water partition coefficient (Wildman–Crippen LogP) is 2.39. The van der Waals surface area contributed by atoms with E-state index >= 15 is 0 Å². The number of aliphatic hydroxyl groups is 1. The van der Waals surface area contributed by atoms with Crippen LogP contribution in [0.2, 0.25) is 0 Å². The summed E-state index contributed by atoms with van der Waals surface area (Å²) in [6.07, 6.45) is 0.368. The maximum Gasteiger partial charge on any atom is 0.0954 e. The van der Waals surface area contributed by atoms with Crippen molar-refractivity contribution < 1.29 is 5.11 Å². The van der Waals surface area contributed by atoms with Gasteiger partial charge in [0.15, 0.2) is 0 Å². The lowest BCUT2D eigenvalue weighted by molar-refractivity contribution is 0.0762. The first-order valence-electron chi connectivity index (χ1n) is 6.79. The van der Waals surface area contributed by atoms with E-state index < -0.39 is 0 Å². The van der Waals surface area contributed by atoms with Crippen molar-refractivity contribution in [3.8, 4) is 0 Å². The van der Waals surface area contributed by atoms with E-state index in [4.69, 9.17) is 0 Å². The Hall–Kier alpha value is -0.100. The van der Waals surface area contributed by atoms with Crippen LogP contribution in [0.4, 0.5) is 0 Å². The van der Waals surface area contributed by atoms with Crippen LogP contribution in [0.15, 0.2) is 5.38 Å². The molecule has 5 heteroatoms. The van der Waals surface area contributed by atoms with Crippen molar-refractivity contribution >= 4 is 23.1 Å². The van der Waals surface area contributed by atoms with Gasteiger partial charge in [-0.25, -0.2) is 4.98 Å². The molecule has 108 valence electrons. The minimum Gasteiger partial charge on any atom is -0.391 e. The summed E-state index contributed by atoms with van der Waals surface area (Å²) in [7, 11) is 2.11. The summed E-state index contributed by atoms with van der Waals surface area (Å²) < 4.78 is 0. The molecule has 3 nitrogen and oxygen atoms in total. The Morgan fingerprint density at radius 1 is 1.53 bits per heavy atom. The standard InChI is InChI=1S/C14H24N2OS2/c1-14(2,3)12-9-19-13(15-12)7-11(17)10-8-18-6-5-16(10)4/h9-11,17H,5-8H2,1-4H3. The van der Waals surface area contributed by atoms with Gasteiger partial charge in [-0.15, -0.1) is 11.3 Å². The number of aromatic nitrogens is 1. The topological polar surface area (TPSA) is 36.4 Å². The number of nitrogens with zero attached hydrogens (tertiary/aromatic N) is 2. The Morgan fingerprint density at radius 3 is 2.84 bits per heavy atom. The number of thiazole rings is 1. The van der Waals surface area contributed by atoms with Crippen molar-refractivity contribution in [1.29, 1.82) is 0 Å². The minimum atomic E-state index is -0.309. The molecule has 0 radical (unpaired) electrons. The lowest BCUT2D eigenvalue weighted by atomic mass is 9.93. The van der Waals surface area contributed by atoms with E-state index in [2.05, 4.69) is 43.1 Å². The molecule has 1 aromatic heterocycles. The van der Waals surface area contributed by atoms with Crippen molar-refractivity contribution in [2.45, 2.75) is 44.8 Å². The number of hydrogen-bond acceptors (Lipinski definition) is 5. The van der Waals surface area contributed by atoms with Crippen LogP contribution >= 0.6 is 23.1 Å². The van der Waals surface area contributed by atoms with E-state index in [-0.39, 0.29) is 17.6 Å². The van der Waals surface area contributed by atoms with Gasteiger partial charge in [-0.05, 0) is 7.05 Å². The molecular weight excluding hydrogens is 276 g/mol. The van der Waals surface area contributed by atoms with Gasteiger partial charge in [-0.1, -0.05) is 20.8 Å². The number of hydrogen-bond donors (Lipinski definition) is 1. The molecule has 0 bridgehead atoms. The van der Waals surface area contributed by atoms with Gasteiger partial charge < -0.3 is 5.11 Å². The maximum atomic E-state index is 10.4. The first-order chi connectivity index (χ1) is 8.88. The van der Waals surface area contributed by atoms with Crippen molar-refractivity contribution in [2.75, 3.05) is 25.1 Å². The van der Waals surface area contributed by atoms with E-state index in [0.29, 0.717) is 6.42 Å². The Balaban J connectivity index is 1.98. The van der Waals surface area contributed by atoms with Gasteiger partial charge >= 0.3 is 0 Å². The molecule has 0 aliphatic carbocycles. The summed E-state index contributed by atoms with van der Waals surface area (Å²) in [4.78, 5) is 6.95. The van der Waals surface area contributed by atoms with Gasteiger partial charge in [-0.3, -0.25) is 4.90 Å². The lowest BCUT2D eigenvalue weighted by Gasteiger charge is -2.35. The Labute approximate surface area is 124 Å². The molecular formula is C14H24N2OS2. The van der Waals surface area contributed by atoms with Crippen LogP contribution in [-0.2, 0) is 11.8 Å². The lowest BCUT2D eigenvalue weighted by Crippen LogP contribution is -2.47. The molecule has 19 heavy (non-hydrogen) atoms. The van der Waals surface area contributed by atoms with E-state index in [9.17, 15) is 5.11 Å². The monoisotopic (exact) mass is 300 g/mol. The van der Waals surface area contributed by atoms with Crippen molar-refractivity contribution in [2.24, 2.45) is 0 Å². The molecule has 0 saturated carbocycles. The molecule has 0 aromatic carbocycles. The Morgan fingerprint density at radius 2 is 2.26 bits per heavy atom. The summed E-state index contributed by atoms with van der Waals surface area (Å²) >= 11 is 3.61. The van der Waals surface area contributed by atoms with Crippen LogP contribution in [0.1, 0.15) is 31.5 Å². The van der Waals surface area contributed by atoms with Crippen LogP contribution in [0.3, 0.4) is 0 Å². The van der Waals surface area contributed by atoms with Gasteiger partial charge in [-0.2, -0.15) is 11.8 Å². The fraction of sp³-hybridized carbons (Fsp3) is 0.786. The maximum absolute atomic E-state index is 10.4.